The van der Waals surface area contributed by atoms with E-state index in [1.807, 2.05) is 24.4 Å². The average molecular weight is 387 g/mol. The van der Waals surface area contributed by atoms with Gasteiger partial charge in [-0.25, -0.2) is 8.89 Å². The zero-order valence-electron chi connectivity index (χ0n) is 15.2. The first-order chi connectivity index (χ1) is 13.0. The van der Waals surface area contributed by atoms with Gasteiger partial charge in [-0.1, -0.05) is 0 Å². The zero-order chi connectivity index (χ0) is 19.0. The van der Waals surface area contributed by atoms with Gasteiger partial charge in [-0.05, 0) is 12.1 Å². The van der Waals surface area contributed by atoms with Crippen LogP contribution in [0.3, 0.4) is 0 Å². The third-order valence-corrected chi connectivity index (χ3v) is 6.47. The summed E-state index contributed by atoms with van der Waals surface area (Å²) >= 11 is 0. The van der Waals surface area contributed by atoms with Crippen LogP contribution in [0.2, 0.25) is 0 Å². The van der Waals surface area contributed by atoms with Crippen molar-refractivity contribution in [2.45, 2.75) is 0 Å². The van der Waals surface area contributed by atoms with Gasteiger partial charge in [0.15, 0.2) is 11.5 Å². The molecule has 0 aliphatic carbocycles. The van der Waals surface area contributed by atoms with E-state index in [0.29, 0.717) is 36.1 Å². The van der Waals surface area contributed by atoms with E-state index in [1.165, 1.54) is 0 Å². The number of methoxy groups -OCH3 is 2. The fourth-order valence-corrected chi connectivity index (χ4v) is 4.49. The molecule has 0 radical (unpaired) electrons. The molecule has 0 unspecified atom stereocenters. The second kappa shape index (κ2) is 6.73. The molecule has 4 rings (SSSR count). The minimum Gasteiger partial charge on any atom is -0.493 e. The van der Waals surface area contributed by atoms with Gasteiger partial charge in [0, 0.05) is 52.0 Å². The molecule has 27 heavy (non-hydrogen) atoms. The number of rotatable bonds is 4. The van der Waals surface area contributed by atoms with Gasteiger partial charge in [-0.3, -0.25) is 9.76 Å². The summed E-state index contributed by atoms with van der Waals surface area (Å²) in [7, 11) is 0.787. The van der Waals surface area contributed by atoms with Crippen molar-refractivity contribution in [3.8, 4) is 17.2 Å². The minimum absolute atomic E-state index is 0.396. The predicted octanol–water partition coefficient (Wildman–Crippen LogP) is 2.30. The van der Waals surface area contributed by atoms with Crippen LogP contribution in [-0.4, -0.2) is 57.8 Å². The highest BCUT2D eigenvalue weighted by Gasteiger charge is 2.20. The molecule has 2 aromatic heterocycles. The molecule has 0 saturated carbocycles. The number of fused-ring (bicyclic) bond motifs is 1. The van der Waals surface area contributed by atoms with Gasteiger partial charge in [0.2, 0.25) is 0 Å². The Balaban J connectivity index is 1.72. The van der Waals surface area contributed by atoms with Crippen molar-refractivity contribution < 1.29 is 13.7 Å². The standard InChI is InChI=1S/C18H21N5O3S/c1-25-17-9-14-15(10-18(17)26-2)20-4-3-16(14)23-12-13(11-21-23)22-5-7-27(19,24)8-6-22/h3-4,9-12,19H,5-8H2,1-2H3. The van der Waals surface area contributed by atoms with Gasteiger partial charge in [0.05, 0.1) is 43.5 Å². The smallest absolute Gasteiger partial charge is 0.162 e. The quantitative estimate of drug-likeness (QED) is 0.738. The van der Waals surface area contributed by atoms with Crippen LogP contribution in [0.5, 0.6) is 11.5 Å². The topological polar surface area (TPSA) is 93.3 Å². The highest BCUT2D eigenvalue weighted by Crippen LogP contribution is 2.34. The predicted molar refractivity (Wildman–Crippen MR) is 105 cm³/mol. The van der Waals surface area contributed by atoms with E-state index in [1.54, 1.807) is 31.3 Å². The van der Waals surface area contributed by atoms with Gasteiger partial charge in [0.1, 0.15) is 0 Å². The second-order valence-corrected chi connectivity index (χ2v) is 8.84. The number of ether oxygens (including phenoxy) is 2. The molecule has 3 aromatic rings. The van der Waals surface area contributed by atoms with Gasteiger partial charge < -0.3 is 14.4 Å². The molecule has 1 aromatic carbocycles. The van der Waals surface area contributed by atoms with E-state index in [-0.39, 0.29) is 0 Å². The Labute approximate surface area is 157 Å². The lowest BCUT2D eigenvalue weighted by molar-refractivity contribution is 0.356. The van der Waals surface area contributed by atoms with Crippen LogP contribution in [0.1, 0.15) is 0 Å². The normalized spacial score (nSPS) is 16.4. The Morgan fingerprint density at radius 3 is 2.56 bits per heavy atom. The second-order valence-electron chi connectivity index (χ2n) is 6.40. The summed E-state index contributed by atoms with van der Waals surface area (Å²) in [6.07, 6.45) is 5.48. The number of nitrogens with one attached hydrogen (secondary N) is 1. The Bertz CT molecular complexity index is 1080. The van der Waals surface area contributed by atoms with Gasteiger partial charge in [0.25, 0.3) is 0 Å². The van der Waals surface area contributed by atoms with E-state index in [2.05, 4.69) is 15.0 Å². The van der Waals surface area contributed by atoms with E-state index in [9.17, 15) is 4.21 Å². The average Bonchev–Trinajstić information content (AvgIpc) is 3.16. The first-order valence-corrected chi connectivity index (χ1v) is 10.5. The Morgan fingerprint density at radius 2 is 1.85 bits per heavy atom. The van der Waals surface area contributed by atoms with Crippen molar-refractivity contribution in [1.29, 1.82) is 4.78 Å². The van der Waals surface area contributed by atoms with Crippen molar-refractivity contribution >= 4 is 26.3 Å². The van der Waals surface area contributed by atoms with E-state index in [0.717, 1.165) is 22.3 Å². The van der Waals surface area contributed by atoms with Crippen LogP contribution in [0, 0.1) is 4.78 Å². The van der Waals surface area contributed by atoms with Gasteiger partial charge in [-0.2, -0.15) is 5.10 Å². The number of anilines is 1. The van der Waals surface area contributed by atoms with Crippen molar-refractivity contribution in [3.05, 3.63) is 36.8 Å². The maximum absolute atomic E-state index is 11.9. The maximum Gasteiger partial charge on any atom is 0.162 e. The van der Waals surface area contributed by atoms with E-state index in [4.69, 9.17) is 14.3 Å². The SMILES string of the molecule is COc1cc2nccc(-n3cc(N4CCS(=N)(=O)CC4)cn3)c2cc1OC. The molecule has 0 amide bonds. The molecule has 1 aliphatic rings. The molecule has 0 spiro atoms. The van der Waals surface area contributed by atoms with E-state index < -0.39 is 9.73 Å². The Morgan fingerprint density at radius 1 is 1.15 bits per heavy atom. The number of nitrogens with zero attached hydrogens (tertiary/aromatic N) is 4. The van der Waals surface area contributed by atoms with Crippen LogP contribution in [0.4, 0.5) is 5.69 Å². The molecule has 0 atom stereocenters. The number of hydrogen-bond acceptors (Lipinski definition) is 7. The minimum atomic E-state index is -2.42. The van der Waals surface area contributed by atoms with Gasteiger partial charge >= 0.3 is 0 Å². The molecule has 9 heteroatoms. The molecular weight excluding hydrogens is 366 g/mol. The van der Waals surface area contributed by atoms with Crippen LogP contribution in [0.25, 0.3) is 16.6 Å². The Kier molecular flexibility index (Phi) is 4.39. The third kappa shape index (κ3) is 3.30. The van der Waals surface area contributed by atoms with Crippen molar-refractivity contribution in [2.75, 3.05) is 43.7 Å². The Hall–Kier alpha value is -2.81. The number of aromatic nitrogens is 3. The lowest BCUT2D eigenvalue weighted by Gasteiger charge is -2.28. The van der Waals surface area contributed by atoms with Crippen molar-refractivity contribution in [3.63, 3.8) is 0 Å². The summed E-state index contributed by atoms with van der Waals surface area (Å²) in [5.74, 6) is 2.05. The number of benzene rings is 1. The van der Waals surface area contributed by atoms with Crippen LogP contribution in [-0.2, 0) is 9.73 Å². The fourth-order valence-electron chi connectivity index (χ4n) is 3.25. The summed E-state index contributed by atoms with van der Waals surface area (Å²) < 4.78 is 32.2. The number of pyridine rings is 1. The highest BCUT2D eigenvalue weighted by atomic mass is 32.2. The lowest BCUT2D eigenvalue weighted by Crippen LogP contribution is -2.39. The monoisotopic (exact) mass is 387 g/mol. The summed E-state index contributed by atoms with van der Waals surface area (Å²) in [4.78, 5) is 6.54. The van der Waals surface area contributed by atoms with Gasteiger partial charge in [-0.15, -0.1) is 0 Å². The molecule has 8 nitrogen and oxygen atoms in total. The van der Waals surface area contributed by atoms with E-state index >= 15 is 0 Å². The third-order valence-electron chi connectivity index (χ3n) is 4.79. The van der Waals surface area contributed by atoms with Crippen LogP contribution >= 0.6 is 0 Å². The molecule has 1 aliphatic heterocycles. The molecular formula is C18H21N5O3S. The first kappa shape index (κ1) is 17.6. The first-order valence-electron chi connectivity index (χ1n) is 8.55. The fraction of sp³-hybridized carbons (Fsp3) is 0.333. The highest BCUT2D eigenvalue weighted by molar-refractivity contribution is 7.92. The molecule has 3 heterocycles. The van der Waals surface area contributed by atoms with Crippen molar-refractivity contribution in [2.24, 2.45) is 0 Å². The summed E-state index contributed by atoms with van der Waals surface area (Å²) in [5.41, 5.74) is 2.62. The molecule has 1 N–H and O–H groups in total. The zero-order valence-corrected chi connectivity index (χ0v) is 16.0. The molecule has 1 saturated heterocycles. The van der Waals surface area contributed by atoms with Crippen LogP contribution in [0.15, 0.2) is 36.8 Å². The largest absolute Gasteiger partial charge is 0.493 e. The summed E-state index contributed by atoms with van der Waals surface area (Å²) in [6.45, 7) is 1.21. The number of hydrogen-bond donors (Lipinski definition) is 1. The van der Waals surface area contributed by atoms with Crippen molar-refractivity contribution in [1.82, 2.24) is 14.8 Å². The summed E-state index contributed by atoms with van der Waals surface area (Å²) in [6, 6.07) is 5.64. The molecule has 142 valence electrons. The van der Waals surface area contributed by atoms with Crippen LogP contribution < -0.4 is 14.4 Å². The summed E-state index contributed by atoms with van der Waals surface area (Å²) in [5, 5.41) is 5.40. The lowest BCUT2D eigenvalue weighted by atomic mass is 10.1. The molecule has 0 bridgehead atoms. The maximum atomic E-state index is 11.9. The molecule has 1 fully saturated rings.